The Labute approximate surface area is 124 Å². The van der Waals surface area contributed by atoms with E-state index in [1.807, 2.05) is 20.8 Å². The maximum absolute atomic E-state index is 11.6. The molecule has 0 unspecified atom stereocenters. The Balaban J connectivity index is 4.24. The van der Waals surface area contributed by atoms with Gasteiger partial charge in [0.2, 0.25) is 0 Å². The minimum Gasteiger partial charge on any atom is -0.463 e. The van der Waals surface area contributed by atoms with E-state index >= 15 is 0 Å². The molecule has 0 N–H and O–H groups in total. The molecule has 0 aliphatic rings. The van der Waals surface area contributed by atoms with Crippen molar-refractivity contribution in [3.05, 3.63) is 34.4 Å². The third-order valence-corrected chi connectivity index (χ3v) is 3.33. The molecule has 20 heavy (non-hydrogen) atoms. The van der Waals surface area contributed by atoms with Gasteiger partial charge in [-0.1, -0.05) is 28.9 Å². The average molecular weight is 278 g/mol. The SMILES string of the molecule is CCOC(=O)/C(C)=C(\C)CC/C=C(\C)CCC=C(C)C. The Hall–Kier alpha value is -1.31. The lowest BCUT2D eigenvalue weighted by Crippen LogP contribution is -2.07. The van der Waals surface area contributed by atoms with Gasteiger partial charge >= 0.3 is 5.97 Å². The van der Waals surface area contributed by atoms with Crippen LogP contribution in [0.5, 0.6) is 0 Å². The topological polar surface area (TPSA) is 26.3 Å². The van der Waals surface area contributed by atoms with E-state index in [2.05, 4.69) is 32.9 Å². The maximum atomic E-state index is 11.6. The zero-order valence-electron chi connectivity index (χ0n) is 14.0. The van der Waals surface area contributed by atoms with E-state index in [0.717, 1.165) is 36.8 Å². The molecule has 2 heteroatoms. The molecule has 0 fully saturated rings. The Kier molecular flexibility index (Phi) is 9.79. The molecule has 0 aliphatic carbocycles. The van der Waals surface area contributed by atoms with Crippen molar-refractivity contribution in [3.63, 3.8) is 0 Å². The van der Waals surface area contributed by atoms with Crippen LogP contribution in [0.4, 0.5) is 0 Å². The van der Waals surface area contributed by atoms with Gasteiger partial charge in [0.05, 0.1) is 6.61 Å². The van der Waals surface area contributed by atoms with Crippen LogP contribution >= 0.6 is 0 Å². The van der Waals surface area contributed by atoms with Crippen molar-refractivity contribution in [2.24, 2.45) is 0 Å². The van der Waals surface area contributed by atoms with Crippen LogP contribution in [0, 0.1) is 0 Å². The highest BCUT2D eigenvalue weighted by Gasteiger charge is 2.07. The lowest BCUT2D eigenvalue weighted by atomic mass is 10.0. The van der Waals surface area contributed by atoms with E-state index in [-0.39, 0.29) is 5.97 Å². The Morgan fingerprint density at radius 3 is 2.10 bits per heavy atom. The predicted octanol–water partition coefficient (Wildman–Crippen LogP) is 5.36. The van der Waals surface area contributed by atoms with E-state index in [9.17, 15) is 4.79 Å². The highest BCUT2D eigenvalue weighted by Crippen LogP contribution is 2.14. The zero-order valence-corrected chi connectivity index (χ0v) is 14.0. The van der Waals surface area contributed by atoms with Crippen LogP contribution in [0.2, 0.25) is 0 Å². The highest BCUT2D eigenvalue weighted by molar-refractivity contribution is 5.88. The highest BCUT2D eigenvalue weighted by atomic mass is 16.5. The van der Waals surface area contributed by atoms with Crippen molar-refractivity contribution in [3.8, 4) is 0 Å². The van der Waals surface area contributed by atoms with Gasteiger partial charge in [-0.3, -0.25) is 0 Å². The van der Waals surface area contributed by atoms with Gasteiger partial charge in [-0.15, -0.1) is 0 Å². The summed E-state index contributed by atoms with van der Waals surface area (Å²) in [6.45, 7) is 12.6. The van der Waals surface area contributed by atoms with Crippen LogP contribution in [0.15, 0.2) is 34.4 Å². The number of ether oxygens (including phenoxy) is 1. The van der Waals surface area contributed by atoms with E-state index in [1.165, 1.54) is 11.1 Å². The minimum absolute atomic E-state index is 0.186. The summed E-state index contributed by atoms with van der Waals surface area (Å²) in [6.07, 6.45) is 8.69. The van der Waals surface area contributed by atoms with Crippen LogP contribution in [0.3, 0.4) is 0 Å². The second-order valence-electron chi connectivity index (χ2n) is 5.54. The van der Waals surface area contributed by atoms with E-state index < -0.39 is 0 Å². The third-order valence-electron chi connectivity index (χ3n) is 3.33. The van der Waals surface area contributed by atoms with Gasteiger partial charge in [0.15, 0.2) is 0 Å². The molecular formula is C18H30O2. The third kappa shape index (κ3) is 8.73. The fraction of sp³-hybridized carbons (Fsp3) is 0.611. The van der Waals surface area contributed by atoms with Crippen molar-refractivity contribution >= 4 is 5.97 Å². The first-order valence-electron chi connectivity index (χ1n) is 7.50. The Morgan fingerprint density at radius 2 is 1.55 bits per heavy atom. The number of carbonyl (C=O) groups is 1. The van der Waals surface area contributed by atoms with Crippen molar-refractivity contribution in [1.82, 2.24) is 0 Å². The number of rotatable bonds is 8. The molecule has 0 heterocycles. The number of allylic oxidation sites excluding steroid dienone is 5. The van der Waals surface area contributed by atoms with Gasteiger partial charge in [-0.25, -0.2) is 4.79 Å². The molecule has 2 nitrogen and oxygen atoms in total. The molecule has 0 rings (SSSR count). The van der Waals surface area contributed by atoms with E-state index in [1.54, 1.807) is 0 Å². The van der Waals surface area contributed by atoms with Gasteiger partial charge in [0.25, 0.3) is 0 Å². The van der Waals surface area contributed by atoms with Crippen LogP contribution in [-0.4, -0.2) is 12.6 Å². The summed E-state index contributed by atoms with van der Waals surface area (Å²) in [5, 5.41) is 0. The molecule has 0 saturated carbocycles. The monoisotopic (exact) mass is 278 g/mol. The maximum Gasteiger partial charge on any atom is 0.333 e. The predicted molar refractivity (Wildman–Crippen MR) is 86.7 cm³/mol. The van der Waals surface area contributed by atoms with Gasteiger partial charge in [-0.2, -0.15) is 0 Å². The molecule has 0 aromatic carbocycles. The number of hydrogen-bond acceptors (Lipinski definition) is 2. The fourth-order valence-electron chi connectivity index (χ4n) is 1.83. The largest absolute Gasteiger partial charge is 0.463 e. The molecule has 0 atom stereocenters. The summed E-state index contributed by atoms with van der Waals surface area (Å²) < 4.78 is 5.01. The molecule has 114 valence electrons. The first kappa shape index (κ1) is 18.7. The van der Waals surface area contributed by atoms with Crippen molar-refractivity contribution in [2.45, 2.75) is 67.2 Å². The molecule has 0 spiro atoms. The first-order valence-corrected chi connectivity index (χ1v) is 7.50. The van der Waals surface area contributed by atoms with Crippen molar-refractivity contribution in [2.75, 3.05) is 6.61 Å². The second kappa shape index (κ2) is 10.5. The van der Waals surface area contributed by atoms with Crippen molar-refractivity contribution in [1.29, 1.82) is 0 Å². The van der Waals surface area contributed by atoms with Gasteiger partial charge in [-0.05, 0) is 67.2 Å². The molecule has 0 bridgehead atoms. The molecule has 0 amide bonds. The van der Waals surface area contributed by atoms with Crippen LogP contribution in [-0.2, 0) is 9.53 Å². The molecular weight excluding hydrogens is 248 g/mol. The van der Waals surface area contributed by atoms with Crippen molar-refractivity contribution < 1.29 is 9.53 Å². The van der Waals surface area contributed by atoms with Crippen LogP contribution in [0.25, 0.3) is 0 Å². The summed E-state index contributed by atoms with van der Waals surface area (Å²) in [7, 11) is 0. The summed E-state index contributed by atoms with van der Waals surface area (Å²) in [5.74, 6) is -0.186. The molecule has 0 radical (unpaired) electrons. The molecule has 0 saturated heterocycles. The first-order chi connectivity index (χ1) is 9.38. The summed E-state index contributed by atoms with van der Waals surface area (Å²) in [4.78, 5) is 11.6. The number of esters is 1. The standard InChI is InChI=1S/C18H30O2/c1-7-20-18(19)17(6)16(5)13-9-12-15(4)11-8-10-14(2)3/h10,12H,7-9,11,13H2,1-6H3/b15-12+,17-16+. The Morgan fingerprint density at radius 1 is 0.950 bits per heavy atom. The van der Waals surface area contributed by atoms with Gasteiger partial charge in [0.1, 0.15) is 0 Å². The quantitative estimate of drug-likeness (QED) is 0.339. The van der Waals surface area contributed by atoms with E-state index in [4.69, 9.17) is 4.74 Å². The second-order valence-corrected chi connectivity index (χ2v) is 5.54. The number of carbonyl (C=O) groups excluding carboxylic acids is 1. The summed E-state index contributed by atoms with van der Waals surface area (Å²) >= 11 is 0. The lowest BCUT2D eigenvalue weighted by Gasteiger charge is -2.06. The van der Waals surface area contributed by atoms with Crippen LogP contribution < -0.4 is 0 Å². The summed E-state index contributed by atoms with van der Waals surface area (Å²) in [5.41, 5.74) is 4.67. The summed E-state index contributed by atoms with van der Waals surface area (Å²) in [6, 6.07) is 0. The zero-order chi connectivity index (χ0) is 15.5. The average Bonchev–Trinajstić information content (AvgIpc) is 2.37. The minimum atomic E-state index is -0.186. The Bertz CT molecular complexity index is 394. The fourth-order valence-corrected chi connectivity index (χ4v) is 1.83. The smallest absolute Gasteiger partial charge is 0.333 e. The lowest BCUT2D eigenvalue weighted by molar-refractivity contribution is -0.138. The number of hydrogen-bond donors (Lipinski definition) is 0. The molecule has 0 aliphatic heterocycles. The van der Waals surface area contributed by atoms with Gasteiger partial charge < -0.3 is 4.74 Å². The van der Waals surface area contributed by atoms with Crippen LogP contribution in [0.1, 0.15) is 67.2 Å². The molecule has 0 aromatic rings. The van der Waals surface area contributed by atoms with E-state index in [0.29, 0.717) is 6.61 Å². The normalized spacial score (nSPS) is 12.8. The van der Waals surface area contributed by atoms with Gasteiger partial charge in [0, 0.05) is 5.57 Å². The molecule has 0 aromatic heterocycles.